The lowest BCUT2D eigenvalue weighted by atomic mass is 9.70. The summed E-state index contributed by atoms with van der Waals surface area (Å²) in [6.45, 7) is 3.82. The Bertz CT molecular complexity index is 1130. The monoisotopic (exact) mass is 406 g/mol. The van der Waals surface area contributed by atoms with Crippen LogP contribution in [0.1, 0.15) is 41.5 Å². The number of benzene rings is 2. The zero-order valence-corrected chi connectivity index (χ0v) is 16.4. The van der Waals surface area contributed by atoms with Crippen LogP contribution in [0.2, 0.25) is 0 Å². The molecule has 1 heterocycles. The van der Waals surface area contributed by atoms with Crippen molar-refractivity contribution in [2.45, 2.75) is 38.0 Å². The van der Waals surface area contributed by atoms with Crippen LogP contribution in [0.4, 0.5) is 0 Å². The van der Waals surface area contributed by atoms with Crippen molar-refractivity contribution >= 4 is 26.8 Å². The quantitative estimate of drug-likeness (QED) is 0.642. The van der Waals surface area contributed by atoms with Gasteiger partial charge in [0.2, 0.25) is 0 Å². The number of hydrogen-bond acceptors (Lipinski definition) is 2. The van der Waals surface area contributed by atoms with Crippen molar-refractivity contribution in [3.8, 4) is 6.07 Å². The van der Waals surface area contributed by atoms with Gasteiger partial charge in [-0.3, -0.25) is 4.79 Å². The maximum absolute atomic E-state index is 12.0. The van der Waals surface area contributed by atoms with Gasteiger partial charge in [0.15, 0.2) is 0 Å². The fraction of sp³-hybridized carbons (Fsp3) is 0.273. The minimum absolute atomic E-state index is 0.0801. The Morgan fingerprint density at radius 3 is 2.81 bits per heavy atom. The minimum Gasteiger partial charge on any atom is -0.322 e. The first-order chi connectivity index (χ1) is 12.4. The summed E-state index contributed by atoms with van der Waals surface area (Å²) in [6.07, 6.45) is 1.95. The molecule has 2 aromatic carbocycles. The number of rotatable bonds is 2. The molecule has 0 saturated heterocycles. The van der Waals surface area contributed by atoms with E-state index in [0.29, 0.717) is 5.56 Å². The smallest absolute Gasteiger partial charge is 0.251 e. The molecule has 1 aromatic heterocycles. The predicted octanol–water partition coefficient (Wildman–Crippen LogP) is 5.11. The number of aromatic amines is 1. The Labute approximate surface area is 160 Å². The van der Waals surface area contributed by atoms with E-state index in [1.54, 1.807) is 6.92 Å². The van der Waals surface area contributed by atoms with Crippen LogP contribution in [-0.2, 0) is 11.8 Å². The summed E-state index contributed by atoms with van der Waals surface area (Å²) in [6, 6.07) is 16.8. The Balaban J connectivity index is 1.86. The average molecular weight is 407 g/mol. The van der Waals surface area contributed by atoms with Gasteiger partial charge >= 0.3 is 0 Å². The second-order valence-corrected chi connectivity index (χ2v) is 8.25. The first kappa shape index (κ1) is 17.1. The summed E-state index contributed by atoms with van der Waals surface area (Å²) in [5.41, 5.74) is 4.27. The molecule has 1 N–H and O–H groups in total. The molecule has 2 atom stereocenters. The largest absolute Gasteiger partial charge is 0.322 e. The zero-order valence-electron chi connectivity index (χ0n) is 14.8. The minimum atomic E-state index is -0.651. The molecule has 3 aromatic rings. The molecule has 0 amide bonds. The molecule has 0 saturated carbocycles. The third-order valence-corrected chi connectivity index (χ3v) is 6.24. The number of nitrogens with zero attached hydrogens (tertiary/aromatic N) is 1. The number of halogens is 1. The van der Waals surface area contributed by atoms with Crippen LogP contribution in [0.3, 0.4) is 0 Å². The molecule has 0 fully saturated rings. The lowest BCUT2D eigenvalue weighted by molar-refractivity contribution is 0.469. The van der Waals surface area contributed by atoms with Crippen LogP contribution >= 0.6 is 15.9 Å². The summed E-state index contributed by atoms with van der Waals surface area (Å²) >= 11 is 3.56. The molecular formula is C22H19BrN2O. The third kappa shape index (κ3) is 2.59. The fourth-order valence-electron chi connectivity index (χ4n) is 4.15. The molecule has 1 aliphatic rings. The molecule has 0 bridgehead atoms. The number of nitrogens with one attached hydrogen (secondary N) is 1. The van der Waals surface area contributed by atoms with E-state index in [4.69, 9.17) is 0 Å². The normalized spacial score (nSPS) is 18.3. The van der Waals surface area contributed by atoms with Crippen molar-refractivity contribution in [3.05, 3.63) is 79.5 Å². The topological polar surface area (TPSA) is 56.6 Å². The zero-order chi connectivity index (χ0) is 18.5. The highest BCUT2D eigenvalue weighted by atomic mass is 79.9. The summed E-state index contributed by atoms with van der Waals surface area (Å²) in [5, 5.41) is 11.1. The Morgan fingerprint density at radius 2 is 2.04 bits per heavy atom. The van der Waals surface area contributed by atoms with Gasteiger partial charge in [0, 0.05) is 21.5 Å². The van der Waals surface area contributed by atoms with E-state index >= 15 is 0 Å². The molecule has 4 rings (SSSR count). The first-order valence-electron chi connectivity index (χ1n) is 8.76. The van der Waals surface area contributed by atoms with Crippen LogP contribution in [0.15, 0.2) is 51.7 Å². The molecule has 1 aliphatic carbocycles. The lowest BCUT2D eigenvalue weighted by Crippen LogP contribution is -2.27. The summed E-state index contributed by atoms with van der Waals surface area (Å²) in [4.78, 5) is 14.9. The third-order valence-electron chi connectivity index (χ3n) is 5.75. The molecule has 4 heteroatoms. The molecule has 0 radical (unpaired) electrons. The second-order valence-electron chi connectivity index (χ2n) is 7.33. The van der Waals surface area contributed by atoms with E-state index in [1.165, 1.54) is 11.1 Å². The predicted molar refractivity (Wildman–Crippen MR) is 107 cm³/mol. The molecule has 3 nitrogen and oxygen atoms in total. The highest BCUT2D eigenvalue weighted by molar-refractivity contribution is 9.10. The summed E-state index contributed by atoms with van der Waals surface area (Å²) < 4.78 is 1.04. The van der Waals surface area contributed by atoms with Gasteiger partial charge in [0.25, 0.3) is 5.56 Å². The second kappa shape index (κ2) is 6.10. The van der Waals surface area contributed by atoms with Gasteiger partial charge in [0.1, 0.15) is 0 Å². The van der Waals surface area contributed by atoms with Crippen molar-refractivity contribution in [1.82, 2.24) is 4.98 Å². The molecule has 0 unspecified atom stereocenters. The number of fused-ring (bicyclic) bond motifs is 2. The van der Waals surface area contributed by atoms with Crippen molar-refractivity contribution in [3.63, 3.8) is 0 Å². The van der Waals surface area contributed by atoms with E-state index in [9.17, 15) is 10.1 Å². The molecule has 130 valence electrons. The van der Waals surface area contributed by atoms with Crippen molar-refractivity contribution in [2.75, 3.05) is 0 Å². The first-order valence-corrected chi connectivity index (χ1v) is 9.55. The highest BCUT2D eigenvalue weighted by Gasteiger charge is 2.41. The number of H-pyrrole nitrogens is 1. The molecule has 0 spiro atoms. The van der Waals surface area contributed by atoms with E-state index in [2.05, 4.69) is 45.2 Å². The fourth-order valence-corrected chi connectivity index (χ4v) is 4.53. The summed E-state index contributed by atoms with van der Waals surface area (Å²) in [7, 11) is 0. The molecule has 26 heavy (non-hydrogen) atoms. The van der Waals surface area contributed by atoms with Gasteiger partial charge in [-0.05, 0) is 73.0 Å². The standard InChI is InChI=1S/C22H19BrN2O/c1-13-9-15-3-6-16(10-20(15)25-21(13)26)22(2,12-24)19-8-5-14-4-7-17(23)11-18(14)19/h3-4,6-7,9-11,19H,5,8H2,1-2H3,(H,25,26)/t19-,22+/m0/s1. The number of hydrogen-bond donors (Lipinski definition) is 1. The van der Waals surface area contributed by atoms with Gasteiger partial charge in [-0.15, -0.1) is 0 Å². The van der Waals surface area contributed by atoms with Crippen LogP contribution < -0.4 is 5.56 Å². The van der Waals surface area contributed by atoms with E-state index in [0.717, 1.165) is 33.8 Å². The Morgan fingerprint density at radius 1 is 1.23 bits per heavy atom. The van der Waals surface area contributed by atoms with Crippen LogP contribution in [0.5, 0.6) is 0 Å². The van der Waals surface area contributed by atoms with Crippen molar-refractivity contribution in [1.29, 1.82) is 5.26 Å². The average Bonchev–Trinajstić information content (AvgIpc) is 3.05. The lowest BCUT2D eigenvalue weighted by Gasteiger charge is -2.30. The number of pyridine rings is 1. The maximum Gasteiger partial charge on any atom is 0.251 e. The van der Waals surface area contributed by atoms with Crippen LogP contribution in [-0.4, -0.2) is 4.98 Å². The number of aryl methyl sites for hydroxylation is 2. The Hall–Kier alpha value is -2.38. The SMILES string of the molecule is Cc1cc2ccc([C@@](C)(C#N)[C@H]3CCc4ccc(Br)cc43)cc2[nH]c1=O. The molecule has 0 aliphatic heterocycles. The van der Waals surface area contributed by atoms with E-state index < -0.39 is 5.41 Å². The van der Waals surface area contributed by atoms with Crippen molar-refractivity contribution < 1.29 is 0 Å². The van der Waals surface area contributed by atoms with Crippen LogP contribution in [0.25, 0.3) is 10.9 Å². The number of aromatic nitrogens is 1. The van der Waals surface area contributed by atoms with Gasteiger partial charge < -0.3 is 4.98 Å². The van der Waals surface area contributed by atoms with Gasteiger partial charge in [0.05, 0.1) is 11.5 Å². The molecular weight excluding hydrogens is 388 g/mol. The van der Waals surface area contributed by atoms with E-state index in [-0.39, 0.29) is 11.5 Å². The summed E-state index contributed by atoms with van der Waals surface area (Å²) in [5.74, 6) is 0.134. The van der Waals surface area contributed by atoms with Crippen molar-refractivity contribution in [2.24, 2.45) is 0 Å². The van der Waals surface area contributed by atoms with Gasteiger partial charge in [-0.2, -0.15) is 5.26 Å². The Kier molecular flexibility index (Phi) is 4.00. The van der Waals surface area contributed by atoms with Crippen LogP contribution in [0, 0.1) is 18.3 Å². The number of nitriles is 1. The van der Waals surface area contributed by atoms with Gasteiger partial charge in [-0.25, -0.2) is 0 Å². The van der Waals surface area contributed by atoms with Gasteiger partial charge in [-0.1, -0.05) is 34.1 Å². The van der Waals surface area contributed by atoms with E-state index in [1.807, 2.05) is 31.2 Å². The highest BCUT2D eigenvalue weighted by Crippen LogP contribution is 2.47. The maximum atomic E-state index is 12.0.